The van der Waals surface area contributed by atoms with Crippen LogP contribution < -0.4 is 10.7 Å². The molecule has 0 aliphatic rings. The van der Waals surface area contributed by atoms with E-state index in [1.54, 1.807) is 6.92 Å². The van der Waals surface area contributed by atoms with Crippen LogP contribution in [0, 0.1) is 6.92 Å². The largest absolute Gasteiger partial charge is 0.364 e. The number of benzene rings is 1. The molecule has 20 heavy (non-hydrogen) atoms. The van der Waals surface area contributed by atoms with Crippen LogP contribution in [0.1, 0.15) is 27.2 Å². The van der Waals surface area contributed by atoms with E-state index in [0.29, 0.717) is 6.54 Å². The van der Waals surface area contributed by atoms with E-state index in [1.165, 1.54) is 12.3 Å². The SMILES string of the molecule is Cc1cc(=O)c(C(=O)NCc2cccc(CBr)c2)c[nH]1. The summed E-state index contributed by atoms with van der Waals surface area (Å²) in [6.07, 6.45) is 1.45. The molecular weight excluding hydrogens is 320 g/mol. The number of hydrogen-bond donors (Lipinski definition) is 2. The van der Waals surface area contributed by atoms with Crippen molar-refractivity contribution in [1.29, 1.82) is 0 Å². The van der Waals surface area contributed by atoms with Gasteiger partial charge in [-0.25, -0.2) is 0 Å². The summed E-state index contributed by atoms with van der Waals surface area (Å²) < 4.78 is 0. The molecule has 2 rings (SSSR count). The van der Waals surface area contributed by atoms with Gasteiger partial charge >= 0.3 is 0 Å². The molecule has 104 valence electrons. The molecule has 0 saturated carbocycles. The van der Waals surface area contributed by atoms with Crippen LogP contribution in [0.15, 0.2) is 41.3 Å². The number of nitrogens with one attached hydrogen (secondary N) is 2. The van der Waals surface area contributed by atoms with Gasteiger partial charge in [-0.3, -0.25) is 9.59 Å². The maximum absolute atomic E-state index is 12.0. The fourth-order valence-corrected chi connectivity index (χ4v) is 2.20. The topological polar surface area (TPSA) is 62.0 Å². The van der Waals surface area contributed by atoms with Crippen molar-refractivity contribution in [3.05, 3.63) is 69.1 Å². The molecule has 0 fully saturated rings. The van der Waals surface area contributed by atoms with Crippen LogP contribution in [0.2, 0.25) is 0 Å². The quantitative estimate of drug-likeness (QED) is 0.844. The number of pyridine rings is 1. The summed E-state index contributed by atoms with van der Waals surface area (Å²) in [5.41, 5.74) is 2.74. The van der Waals surface area contributed by atoms with E-state index in [0.717, 1.165) is 22.2 Å². The van der Waals surface area contributed by atoms with Gasteiger partial charge < -0.3 is 10.3 Å². The molecule has 2 aromatic rings. The maximum Gasteiger partial charge on any atom is 0.257 e. The lowest BCUT2D eigenvalue weighted by Crippen LogP contribution is -2.28. The molecule has 0 atom stereocenters. The smallest absolute Gasteiger partial charge is 0.257 e. The molecule has 0 unspecified atom stereocenters. The normalized spacial score (nSPS) is 10.3. The highest BCUT2D eigenvalue weighted by Crippen LogP contribution is 2.08. The Labute approximate surface area is 125 Å². The molecule has 0 aliphatic heterocycles. The van der Waals surface area contributed by atoms with Crippen molar-refractivity contribution in [2.75, 3.05) is 0 Å². The standard InChI is InChI=1S/C15H15BrN2O2/c1-10-5-14(19)13(9-17-10)15(20)18-8-12-4-2-3-11(6-12)7-16/h2-6,9H,7-8H2,1H3,(H,17,19)(H,18,20). The Morgan fingerprint density at radius 3 is 2.75 bits per heavy atom. The Morgan fingerprint density at radius 1 is 1.30 bits per heavy atom. The van der Waals surface area contributed by atoms with E-state index in [-0.39, 0.29) is 16.9 Å². The molecule has 0 bridgehead atoms. The van der Waals surface area contributed by atoms with Crippen molar-refractivity contribution >= 4 is 21.8 Å². The monoisotopic (exact) mass is 334 g/mol. The molecule has 2 N–H and O–H groups in total. The van der Waals surface area contributed by atoms with E-state index < -0.39 is 0 Å². The molecule has 1 aromatic heterocycles. The van der Waals surface area contributed by atoms with Crippen LogP contribution in [-0.4, -0.2) is 10.9 Å². The number of aromatic nitrogens is 1. The number of carbonyl (C=O) groups excluding carboxylic acids is 1. The van der Waals surface area contributed by atoms with E-state index in [4.69, 9.17) is 0 Å². The lowest BCUT2D eigenvalue weighted by molar-refractivity contribution is 0.0949. The van der Waals surface area contributed by atoms with Gasteiger partial charge in [-0.2, -0.15) is 0 Å². The third kappa shape index (κ3) is 3.57. The molecule has 1 aromatic carbocycles. The summed E-state index contributed by atoms with van der Waals surface area (Å²) in [5.74, 6) is -0.365. The second kappa shape index (κ2) is 6.52. The van der Waals surface area contributed by atoms with Crippen LogP contribution >= 0.6 is 15.9 Å². The minimum absolute atomic E-state index is 0.132. The van der Waals surface area contributed by atoms with Crippen LogP contribution in [0.4, 0.5) is 0 Å². The third-order valence-corrected chi connectivity index (χ3v) is 3.55. The highest BCUT2D eigenvalue weighted by molar-refractivity contribution is 9.08. The van der Waals surface area contributed by atoms with Gasteiger partial charge in [-0.15, -0.1) is 0 Å². The van der Waals surface area contributed by atoms with E-state index in [9.17, 15) is 9.59 Å². The molecule has 0 radical (unpaired) electrons. The van der Waals surface area contributed by atoms with Gasteiger partial charge in [0.2, 0.25) is 0 Å². The van der Waals surface area contributed by atoms with Gasteiger partial charge in [-0.05, 0) is 18.1 Å². The maximum atomic E-state index is 12.0. The zero-order chi connectivity index (χ0) is 14.5. The first-order valence-electron chi connectivity index (χ1n) is 6.21. The summed E-state index contributed by atoms with van der Waals surface area (Å²) >= 11 is 3.39. The van der Waals surface area contributed by atoms with Crippen LogP contribution in [0.3, 0.4) is 0 Å². The van der Waals surface area contributed by atoms with E-state index >= 15 is 0 Å². The van der Waals surface area contributed by atoms with Crippen molar-refractivity contribution in [3.8, 4) is 0 Å². The number of aromatic amines is 1. The lowest BCUT2D eigenvalue weighted by atomic mass is 10.1. The molecule has 4 nitrogen and oxygen atoms in total. The Kier molecular flexibility index (Phi) is 4.74. The van der Waals surface area contributed by atoms with Crippen LogP contribution in [-0.2, 0) is 11.9 Å². The predicted octanol–water partition coefficient (Wildman–Crippen LogP) is 2.51. The molecule has 0 aliphatic carbocycles. The van der Waals surface area contributed by atoms with Gasteiger partial charge in [0.15, 0.2) is 5.43 Å². The van der Waals surface area contributed by atoms with Crippen LogP contribution in [0.5, 0.6) is 0 Å². The third-order valence-electron chi connectivity index (χ3n) is 2.90. The van der Waals surface area contributed by atoms with Gasteiger partial charge in [-0.1, -0.05) is 40.2 Å². The molecule has 5 heteroatoms. The first-order chi connectivity index (χ1) is 9.60. The highest BCUT2D eigenvalue weighted by atomic mass is 79.9. The second-order valence-electron chi connectivity index (χ2n) is 4.53. The first-order valence-corrected chi connectivity index (χ1v) is 7.33. The van der Waals surface area contributed by atoms with E-state index in [1.807, 2.05) is 24.3 Å². The van der Waals surface area contributed by atoms with Crippen molar-refractivity contribution < 1.29 is 4.79 Å². The zero-order valence-corrected chi connectivity index (χ0v) is 12.7. The Bertz CT molecular complexity index is 680. The summed E-state index contributed by atoms with van der Waals surface area (Å²) in [7, 11) is 0. The number of rotatable bonds is 4. The molecule has 0 spiro atoms. The number of hydrogen-bond acceptors (Lipinski definition) is 2. The number of halogens is 1. The average Bonchev–Trinajstić information content (AvgIpc) is 2.45. The number of aryl methyl sites for hydroxylation is 1. The predicted molar refractivity (Wildman–Crippen MR) is 82.0 cm³/mol. The second-order valence-corrected chi connectivity index (χ2v) is 5.09. The number of H-pyrrole nitrogens is 1. The van der Waals surface area contributed by atoms with Gasteiger partial charge in [0.25, 0.3) is 5.91 Å². The Morgan fingerprint density at radius 2 is 2.05 bits per heavy atom. The minimum Gasteiger partial charge on any atom is -0.364 e. The summed E-state index contributed by atoms with van der Waals surface area (Å²) in [6.45, 7) is 2.17. The van der Waals surface area contributed by atoms with E-state index in [2.05, 4.69) is 26.2 Å². The molecule has 0 saturated heterocycles. The molecule has 1 amide bonds. The van der Waals surface area contributed by atoms with Crippen LogP contribution in [0.25, 0.3) is 0 Å². The first kappa shape index (κ1) is 14.5. The molecular formula is C15H15BrN2O2. The fraction of sp³-hybridized carbons (Fsp3) is 0.200. The summed E-state index contributed by atoms with van der Waals surface area (Å²) in [4.78, 5) is 26.5. The van der Waals surface area contributed by atoms with Crippen molar-refractivity contribution in [2.24, 2.45) is 0 Å². The van der Waals surface area contributed by atoms with Gasteiger partial charge in [0, 0.05) is 29.8 Å². The summed E-state index contributed by atoms with van der Waals surface area (Å²) in [6, 6.07) is 9.31. The average molecular weight is 335 g/mol. The lowest BCUT2D eigenvalue weighted by Gasteiger charge is -2.06. The minimum atomic E-state index is -0.365. The van der Waals surface area contributed by atoms with Gasteiger partial charge in [0.1, 0.15) is 5.56 Å². The Balaban J connectivity index is 2.06. The van der Waals surface area contributed by atoms with Gasteiger partial charge in [0.05, 0.1) is 0 Å². The Hall–Kier alpha value is -1.88. The zero-order valence-electron chi connectivity index (χ0n) is 11.1. The number of alkyl halides is 1. The number of amides is 1. The molecule has 1 heterocycles. The van der Waals surface area contributed by atoms with Crippen molar-refractivity contribution in [2.45, 2.75) is 18.8 Å². The summed E-state index contributed by atoms with van der Waals surface area (Å²) in [5, 5.41) is 3.52. The van der Waals surface area contributed by atoms with Crippen molar-refractivity contribution in [3.63, 3.8) is 0 Å². The van der Waals surface area contributed by atoms with Crippen molar-refractivity contribution in [1.82, 2.24) is 10.3 Å². The highest BCUT2D eigenvalue weighted by Gasteiger charge is 2.09. The fourth-order valence-electron chi connectivity index (χ4n) is 1.85. The number of carbonyl (C=O) groups is 1.